The molecule has 0 amide bonds. The molecule has 112 valence electrons. The minimum atomic E-state index is 0.130. The van der Waals surface area contributed by atoms with E-state index in [1.165, 1.54) is 23.1 Å². The minimum absolute atomic E-state index is 0.130. The van der Waals surface area contributed by atoms with Crippen LogP contribution < -0.4 is 5.32 Å². The van der Waals surface area contributed by atoms with E-state index in [1.807, 2.05) is 11.6 Å². The van der Waals surface area contributed by atoms with Gasteiger partial charge in [-0.15, -0.1) is 0 Å². The van der Waals surface area contributed by atoms with Gasteiger partial charge in [-0.25, -0.2) is 0 Å². The number of hydrogen-bond donors (Lipinski definition) is 2. The van der Waals surface area contributed by atoms with E-state index in [0.29, 0.717) is 12.6 Å². The molecule has 1 atom stereocenters. The van der Waals surface area contributed by atoms with E-state index in [4.69, 9.17) is 5.11 Å². The van der Waals surface area contributed by atoms with Crippen molar-refractivity contribution in [1.29, 1.82) is 0 Å². The lowest BCUT2D eigenvalue weighted by atomic mass is 10.1. The first-order chi connectivity index (χ1) is 10.2. The third kappa shape index (κ3) is 2.74. The molecule has 0 saturated carbocycles. The average molecular weight is 285 g/mol. The van der Waals surface area contributed by atoms with Gasteiger partial charge in [0, 0.05) is 23.8 Å². The van der Waals surface area contributed by atoms with Gasteiger partial charge in [0.15, 0.2) is 0 Å². The Morgan fingerprint density at radius 2 is 2.14 bits per heavy atom. The van der Waals surface area contributed by atoms with Gasteiger partial charge in [0.25, 0.3) is 0 Å². The van der Waals surface area contributed by atoms with Crippen LogP contribution in [0, 0.1) is 13.8 Å². The Morgan fingerprint density at radius 1 is 1.33 bits per heavy atom. The SMILES string of the molecule is Cc1nn(CCO)c(C)c1CN[C@H]1CCc2ccccc21. The summed E-state index contributed by atoms with van der Waals surface area (Å²) in [5.41, 5.74) is 6.38. The Labute approximate surface area is 125 Å². The molecule has 0 unspecified atom stereocenters. The highest BCUT2D eigenvalue weighted by Crippen LogP contribution is 2.31. The maximum atomic E-state index is 9.08. The summed E-state index contributed by atoms with van der Waals surface area (Å²) in [7, 11) is 0. The van der Waals surface area contributed by atoms with Crippen LogP contribution in [0.2, 0.25) is 0 Å². The Morgan fingerprint density at radius 3 is 2.95 bits per heavy atom. The van der Waals surface area contributed by atoms with E-state index in [0.717, 1.165) is 24.4 Å². The van der Waals surface area contributed by atoms with E-state index in [2.05, 4.69) is 41.6 Å². The Balaban J connectivity index is 1.72. The Bertz CT molecular complexity index is 633. The fraction of sp³-hybridized carbons (Fsp3) is 0.471. The molecule has 0 saturated heterocycles. The van der Waals surface area contributed by atoms with Gasteiger partial charge in [0.1, 0.15) is 0 Å². The number of aromatic nitrogens is 2. The van der Waals surface area contributed by atoms with Crippen LogP contribution >= 0.6 is 0 Å². The van der Waals surface area contributed by atoms with Crippen molar-refractivity contribution in [2.24, 2.45) is 0 Å². The summed E-state index contributed by atoms with van der Waals surface area (Å²) in [5.74, 6) is 0. The minimum Gasteiger partial charge on any atom is -0.394 e. The molecule has 0 bridgehead atoms. The lowest BCUT2D eigenvalue weighted by Crippen LogP contribution is -2.19. The summed E-state index contributed by atoms with van der Waals surface area (Å²) in [6, 6.07) is 9.14. The number of aryl methyl sites for hydroxylation is 2. The van der Waals surface area contributed by atoms with Crippen molar-refractivity contribution >= 4 is 0 Å². The molecule has 4 heteroatoms. The summed E-state index contributed by atoms with van der Waals surface area (Å²) in [6.45, 7) is 5.65. The average Bonchev–Trinajstić information content (AvgIpc) is 3.00. The number of aliphatic hydroxyl groups is 1. The first-order valence-electron chi connectivity index (χ1n) is 7.65. The summed E-state index contributed by atoms with van der Waals surface area (Å²) in [6.07, 6.45) is 2.33. The number of hydrogen-bond acceptors (Lipinski definition) is 3. The van der Waals surface area contributed by atoms with Crippen molar-refractivity contribution in [2.75, 3.05) is 6.61 Å². The number of aliphatic hydroxyl groups excluding tert-OH is 1. The van der Waals surface area contributed by atoms with Crippen molar-refractivity contribution in [3.8, 4) is 0 Å². The lowest BCUT2D eigenvalue weighted by Gasteiger charge is -2.14. The number of nitrogens with one attached hydrogen (secondary N) is 1. The second-order valence-electron chi connectivity index (χ2n) is 5.77. The van der Waals surface area contributed by atoms with Gasteiger partial charge in [0.2, 0.25) is 0 Å². The van der Waals surface area contributed by atoms with E-state index in [9.17, 15) is 0 Å². The maximum absolute atomic E-state index is 9.08. The monoisotopic (exact) mass is 285 g/mol. The summed E-state index contributed by atoms with van der Waals surface area (Å²) in [4.78, 5) is 0. The van der Waals surface area contributed by atoms with Crippen molar-refractivity contribution in [2.45, 2.75) is 45.8 Å². The third-order valence-corrected chi connectivity index (χ3v) is 4.50. The van der Waals surface area contributed by atoms with Crippen molar-refractivity contribution < 1.29 is 5.11 Å². The number of nitrogens with zero attached hydrogens (tertiary/aromatic N) is 2. The second-order valence-corrected chi connectivity index (χ2v) is 5.77. The highest BCUT2D eigenvalue weighted by atomic mass is 16.3. The molecule has 21 heavy (non-hydrogen) atoms. The fourth-order valence-electron chi connectivity index (χ4n) is 3.30. The second kappa shape index (κ2) is 6.00. The van der Waals surface area contributed by atoms with Gasteiger partial charge in [-0.1, -0.05) is 24.3 Å². The highest BCUT2D eigenvalue weighted by molar-refractivity contribution is 5.34. The fourth-order valence-corrected chi connectivity index (χ4v) is 3.30. The standard InChI is InChI=1S/C17H23N3O/c1-12-16(13(2)20(19-12)9-10-21)11-18-17-8-7-14-5-3-4-6-15(14)17/h3-6,17-18,21H,7-11H2,1-2H3/t17-/m0/s1. The Hall–Kier alpha value is -1.65. The number of fused-ring (bicyclic) bond motifs is 1. The molecule has 1 aliphatic rings. The van der Waals surface area contributed by atoms with Gasteiger partial charge in [-0.05, 0) is 37.8 Å². The predicted octanol–water partition coefficient (Wildman–Crippen LogP) is 2.27. The quantitative estimate of drug-likeness (QED) is 0.886. The molecule has 0 radical (unpaired) electrons. The van der Waals surface area contributed by atoms with Crippen molar-refractivity contribution in [1.82, 2.24) is 15.1 Å². The van der Waals surface area contributed by atoms with Crippen LogP contribution in [0.3, 0.4) is 0 Å². The van der Waals surface area contributed by atoms with E-state index >= 15 is 0 Å². The van der Waals surface area contributed by atoms with E-state index in [1.54, 1.807) is 0 Å². The zero-order valence-corrected chi connectivity index (χ0v) is 12.8. The molecule has 4 nitrogen and oxygen atoms in total. The molecule has 0 aliphatic heterocycles. The van der Waals surface area contributed by atoms with Crippen LogP contribution in [-0.2, 0) is 19.5 Å². The molecule has 1 aromatic heterocycles. The predicted molar refractivity (Wildman–Crippen MR) is 83.1 cm³/mol. The number of rotatable bonds is 5. The molecule has 3 rings (SSSR count). The molecular formula is C17H23N3O. The van der Waals surface area contributed by atoms with E-state index in [-0.39, 0.29) is 6.61 Å². The molecule has 1 aromatic carbocycles. The van der Waals surface area contributed by atoms with Gasteiger partial charge in [-0.3, -0.25) is 4.68 Å². The van der Waals surface area contributed by atoms with Gasteiger partial charge >= 0.3 is 0 Å². The van der Waals surface area contributed by atoms with Crippen LogP contribution in [-0.4, -0.2) is 21.5 Å². The Kier molecular flexibility index (Phi) is 4.08. The molecule has 2 N–H and O–H groups in total. The van der Waals surface area contributed by atoms with Crippen molar-refractivity contribution in [3.05, 3.63) is 52.3 Å². The number of benzene rings is 1. The maximum Gasteiger partial charge on any atom is 0.0644 e. The lowest BCUT2D eigenvalue weighted by molar-refractivity contribution is 0.267. The zero-order chi connectivity index (χ0) is 14.8. The summed E-state index contributed by atoms with van der Waals surface area (Å²) < 4.78 is 1.90. The van der Waals surface area contributed by atoms with Crippen LogP contribution in [0.15, 0.2) is 24.3 Å². The first kappa shape index (κ1) is 14.3. The molecule has 0 spiro atoms. The highest BCUT2D eigenvalue weighted by Gasteiger charge is 2.22. The van der Waals surface area contributed by atoms with Crippen LogP contribution in [0.4, 0.5) is 0 Å². The molecule has 2 aromatic rings. The summed E-state index contributed by atoms with van der Waals surface area (Å²) in [5, 5.41) is 17.3. The van der Waals surface area contributed by atoms with Gasteiger partial charge in [-0.2, -0.15) is 5.10 Å². The van der Waals surface area contributed by atoms with Gasteiger partial charge in [0.05, 0.1) is 18.8 Å². The summed E-state index contributed by atoms with van der Waals surface area (Å²) >= 11 is 0. The largest absolute Gasteiger partial charge is 0.394 e. The molecule has 0 fully saturated rings. The molecule has 1 heterocycles. The van der Waals surface area contributed by atoms with Gasteiger partial charge < -0.3 is 10.4 Å². The molecular weight excluding hydrogens is 262 g/mol. The van der Waals surface area contributed by atoms with Crippen LogP contribution in [0.5, 0.6) is 0 Å². The third-order valence-electron chi connectivity index (χ3n) is 4.50. The smallest absolute Gasteiger partial charge is 0.0644 e. The van der Waals surface area contributed by atoms with Crippen molar-refractivity contribution in [3.63, 3.8) is 0 Å². The topological polar surface area (TPSA) is 50.1 Å². The van der Waals surface area contributed by atoms with Crippen LogP contribution in [0.1, 0.15) is 40.5 Å². The zero-order valence-electron chi connectivity index (χ0n) is 12.8. The van der Waals surface area contributed by atoms with E-state index < -0.39 is 0 Å². The molecule has 1 aliphatic carbocycles. The first-order valence-corrected chi connectivity index (χ1v) is 7.65. The normalized spacial score (nSPS) is 17.2. The van der Waals surface area contributed by atoms with Crippen LogP contribution in [0.25, 0.3) is 0 Å².